The second kappa shape index (κ2) is 6.59. The minimum atomic E-state index is 0.0264. The molecule has 0 N–H and O–H groups in total. The van der Waals surface area contributed by atoms with E-state index in [2.05, 4.69) is 15.1 Å². The molecule has 0 unspecified atom stereocenters. The number of carbonyl (C=O) groups is 1. The molecular formula is C19H19N5O2. The van der Waals surface area contributed by atoms with Gasteiger partial charge in [-0.25, -0.2) is 0 Å². The zero-order chi connectivity index (χ0) is 18.1. The van der Waals surface area contributed by atoms with E-state index in [4.69, 9.17) is 4.52 Å². The van der Waals surface area contributed by atoms with Gasteiger partial charge in [-0.3, -0.25) is 9.78 Å². The Balaban J connectivity index is 1.39. The maximum absolute atomic E-state index is 12.5. The van der Waals surface area contributed by atoms with Crippen molar-refractivity contribution in [1.82, 2.24) is 20.0 Å². The van der Waals surface area contributed by atoms with Crippen LogP contribution in [0.3, 0.4) is 0 Å². The van der Waals surface area contributed by atoms with Crippen molar-refractivity contribution < 1.29 is 9.32 Å². The molecule has 3 heterocycles. The summed E-state index contributed by atoms with van der Waals surface area (Å²) in [6, 6.07) is 11.3. The molecule has 1 saturated heterocycles. The lowest BCUT2D eigenvalue weighted by atomic mass is 9.98. The number of benzene rings is 1. The van der Waals surface area contributed by atoms with Crippen LogP contribution in [-0.4, -0.2) is 53.1 Å². The molecule has 1 amide bonds. The van der Waals surface area contributed by atoms with Gasteiger partial charge >= 0.3 is 0 Å². The van der Waals surface area contributed by atoms with Crippen molar-refractivity contribution in [3.8, 4) is 11.4 Å². The van der Waals surface area contributed by atoms with Crippen LogP contribution in [0.4, 0.5) is 5.69 Å². The van der Waals surface area contributed by atoms with Gasteiger partial charge in [-0.15, -0.1) is 0 Å². The van der Waals surface area contributed by atoms with Crippen LogP contribution in [0.15, 0.2) is 53.3 Å². The molecule has 0 spiro atoms. The van der Waals surface area contributed by atoms with Crippen molar-refractivity contribution in [2.24, 2.45) is 0 Å². The zero-order valence-electron chi connectivity index (χ0n) is 14.7. The SMILES string of the molecule is CN(C)c1ccc(C(=O)N2CC(c3nc(-c4cccnc4)no3)C2)cc1. The Hall–Kier alpha value is -3.22. The molecule has 132 valence electrons. The molecule has 7 heteroatoms. The molecule has 26 heavy (non-hydrogen) atoms. The first-order chi connectivity index (χ1) is 12.6. The summed E-state index contributed by atoms with van der Waals surface area (Å²) in [6.07, 6.45) is 3.40. The van der Waals surface area contributed by atoms with E-state index in [1.807, 2.05) is 55.4 Å². The van der Waals surface area contributed by atoms with Gasteiger partial charge in [-0.1, -0.05) is 5.16 Å². The van der Waals surface area contributed by atoms with Crippen LogP contribution in [0.5, 0.6) is 0 Å². The highest BCUT2D eigenvalue weighted by atomic mass is 16.5. The summed E-state index contributed by atoms with van der Waals surface area (Å²) in [6.45, 7) is 1.17. The zero-order valence-corrected chi connectivity index (χ0v) is 14.7. The molecule has 1 fully saturated rings. The van der Waals surface area contributed by atoms with E-state index in [9.17, 15) is 4.79 Å². The van der Waals surface area contributed by atoms with E-state index >= 15 is 0 Å². The fourth-order valence-corrected chi connectivity index (χ4v) is 2.90. The molecular weight excluding hydrogens is 330 g/mol. The number of nitrogens with zero attached hydrogens (tertiary/aromatic N) is 5. The van der Waals surface area contributed by atoms with E-state index in [0.717, 1.165) is 11.3 Å². The van der Waals surface area contributed by atoms with Crippen molar-refractivity contribution in [1.29, 1.82) is 0 Å². The molecule has 0 bridgehead atoms. The molecule has 0 aliphatic carbocycles. The molecule has 0 radical (unpaired) electrons. The average molecular weight is 349 g/mol. The van der Waals surface area contributed by atoms with Gasteiger partial charge in [0.2, 0.25) is 11.7 Å². The van der Waals surface area contributed by atoms with Crippen LogP contribution >= 0.6 is 0 Å². The normalized spacial score (nSPS) is 14.2. The Morgan fingerprint density at radius 1 is 1.19 bits per heavy atom. The molecule has 7 nitrogen and oxygen atoms in total. The first kappa shape index (κ1) is 16.3. The second-order valence-corrected chi connectivity index (χ2v) is 6.55. The molecule has 2 aromatic heterocycles. The smallest absolute Gasteiger partial charge is 0.253 e. The van der Waals surface area contributed by atoms with E-state index in [1.54, 1.807) is 17.3 Å². The third-order valence-electron chi connectivity index (χ3n) is 4.51. The van der Waals surface area contributed by atoms with Crippen molar-refractivity contribution >= 4 is 11.6 Å². The van der Waals surface area contributed by atoms with Gasteiger partial charge < -0.3 is 14.3 Å². The average Bonchev–Trinajstić information content (AvgIpc) is 3.11. The summed E-state index contributed by atoms with van der Waals surface area (Å²) in [5.41, 5.74) is 2.57. The predicted molar refractivity (Wildman–Crippen MR) is 96.9 cm³/mol. The van der Waals surface area contributed by atoms with Crippen LogP contribution in [0.2, 0.25) is 0 Å². The summed E-state index contributed by atoms with van der Waals surface area (Å²) in [5, 5.41) is 4.01. The lowest BCUT2D eigenvalue weighted by molar-refractivity contribution is 0.0569. The maximum atomic E-state index is 12.5. The van der Waals surface area contributed by atoms with Crippen LogP contribution in [0.25, 0.3) is 11.4 Å². The van der Waals surface area contributed by atoms with Gasteiger partial charge in [-0.05, 0) is 36.4 Å². The molecule has 1 aromatic carbocycles. The van der Waals surface area contributed by atoms with Gasteiger partial charge in [0.15, 0.2) is 0 Å². The summed E-state index contributed by atoms with van der Waals surface area (Å²) in [5.74, 6) is 1.20. The lowest BCUT2D eigenvalue weighted by Crippen LogP contribution is -2.48. The van der Waals surface area contributed by atoms with Crippen LogP contribution in [0, 0.1) is 0 Å². The Bertz CT molecular complexity index is 899. The van der Waals surface area contributed by atoms with E-state index in [-0.39, 0.29) is 11.8 Å². The highest BCUT2D eigenvalue weighted by molar-refractivity contribution is 5.95. The Kier molecular flexibility index (Phi) is 4.12. The standard InChI is InChI=1S/C19H19N5O2/c1-23(2)16-7-5-13(6-8-16)19(25)24-11-15(12-24)18-21-17(22-26-18)14-4-3-9-20-10-14/h3-10,15H,11-12H2,1-2H3. The number of aromatic nitrogens is 3. The van der Waals surface area contributed by atoms with Crippen molar-refractivity contribution in [3.05, 3.63) is 60.2 Å². The number of pyridine rings is 1. The second-order valence-electron chi connectivity index (χ2n) is 6.55. The van der Waals surface area contributed by atoms with Gasteiger partial charge in [-0.2, -0.15) is 4.98 Å². The number of carbonyl (C=O) groups excluding carboxylic acids is 1. The molecule has 0 atom stereocenters. The predicted octanol–water partition coefficient (Wildman–Crippen LogP) is 2.44. The van der Waals surface area contributed by atoms with Crippen LogP contribution < -0.4 is 4.90 Å². The minimum Gasteiger partial charge on any atom is -0.378 e. The number of hydrogen-bond donors (Lipinski definition) is 0. The maximum Gasteiger partial charge on any atom is 0.253 e. The number of amides is 1. The molecule has 1 aliphatic rings. The van der Waals surface area contributed by atoms with Gasteiger partial charge in [0.25, 0.3) is 5.91 Å². The fourth-order valence-electron chi connectivity index (χ4n) is 2.90. The third kappa shape index (κ3) is 3.03. The van der Waals surface area contributed by atoms with Gasteiger partial charge in [0.1, 0.15) is 0 Å². The van der Waals surface area contributed by atoms with Crippen molar-refractivity contribution in [2.45, 2.75) is 5.92 Å². The van der Waals surface area contributed by atoms with Crippen LogP contribution in [-0.2, 0) is 0 Å². The lowest BCUT2D eigenvalue weighted by Gasteiger charge is -2.37. The monoisotopic (exact) mass is 349 g/mol. The topological polar surface area (TPSA) is 75.4 Å². The van der Waals surface area contributed by atoms with Crippen molar-refractivity contribution in [3.63, 3.8) is 0 Å². The fraction of sp³-hybridized carbons (Fsp3) is 0.263. The quantitative estimate of drug-likeness (QED) is 0.720. The van der Waals surface area contributed by atoms with Gasteiger partial charge in [0.05, 0.1) is 5.92 Å². The molecule has 4 rings (SSSR count). The highest BCUT2D eigenvalue weighted by Gasteiger charge is 2.36. The Labute approximate surface area is 151 Å². The summed E-state index contributed by atoms with van der Waals surface area (Å²) < 4.78 is 5.37. The van der Waals surface area contributed by atoms with Crippen LogP contribution in [0.1, 0.15) is 22.2 Å². The molecule has 1 aliphatic heterocycles. The number of hydrogen-bond acceptors (Lipinski definition) is 6. The molecule has 3 aromatic rings. The highest BCUT2D eigenvalue weighted by Crippen LogP contribution is 2.29. The summed E-state index contributed by atoms with van der Waals surface area (Å²) in [7, 11) is 3.95. The number of rotatable bonds is 4. The first-order valence-electron chi connectivity index (χ1n) is 8.42. The van der Waals surface area contributed by atoms with Crippen molar-refractivity contribution in [2.75, 3.05) is 32.1 Å². The Morgan fingerprint density at radius 3 is 2.62 bits per heavy atom. The Morgan fingerprint density at radius 2 is 1.96 bits per heavy atom. The van der Waals surface area contributed by atoms with E-state index in [1.165, 1.54) is 0 Å². The first-order valence-corrected chi connectivity index (χ1v) is 8.42. The molecule has 0 saturated carbocycles. The van der Waals surface area contributed by atoms with E-state index in [0.29, 0.717) is 30.4 Å². The number of likely N-dealkylation sites (tertiary alicyclic amines) is 1. The minimum absolute atomic E-state index is 0.0264. The van der Waals surface area contributed by atoms with E-state index < -0.39 is 0 Å². The largest absolute Gasteiger partial charge is 0.378 e. The third-order valence-corrected chi connectivity index (χ3v) is 4.51. The summed E-state index contributed by atoms with van der Waals surface area (Å²) >= 11 is 0. The van der Waals surface area contributed by atoms with Gasteiger partial charge in [0, 0.05) is 56.4 Å². The summed E-state index contributed by atoms with van der Waals surface area (Å²) in [4.78, 5) is 24.8. The number of anilines is 1.